The van der Waals surface area contributed by atoms with E-state index < -0.39 is 5.82 Å². The number of methoxy groups -OCH3 is 1. The number of aliphatic hydroxyl groups is 1. The Hall–Kier alpha value is -2.73. The number of amides is 1. The standard InChI is InChI=1S/C18H19FN2O3/c1-24-17-6-4-14(11-16(17)19)5-7-18(23)21(9-10-22)13-15-3-2-8-20-12-15/h2-8,11-12,22H,9-10,13H2,1H3/b7-5+. The highest BCUT2D eigenvalue weighted by Gasteiger charge is 2.11. The highest BCUT2D eigenvalue weighted by atomic mass is 19.1. The molecule has 1 N–H and O–H groups in total. The molecule has 0 fully saturated rings. The maximum absolute atomic E-state index is 13.6. The number of benzene rings is 1. The summed E-state index contributed by atoms with van der Waals surface area (Å²) < 4.78 is 18.5. The van der Waals surface area contributed by atoms with Gasteiger partial charge < -0.3 is 14.7 Å². The van der Waals surface area contributed by atoms with Gasteiger partial charge >= 0.3 is 0 Å². The Balaban J connectivity index is 2.08. The smallest absolute Gasteiger partial charge is 0.246 e. The van der Waals surface area contributed by atoms with Crippen molar-refractivity contribution in [2.24, 2.45) is 0 Å². The number of ether oxygens (including phenoxy) is 1. The Kier molecular flexibility index (Phi) is 6.45. The minimum absolute atomic E-state index is 0.142. The van der Waals surface area contributed by atoms with Gasteiger partial charge in [0.25, 0.3) is 0 Å². The van der Waals surface area contributed by atoms with Gasteiger partial charge in [0.1, 0.15) is 0 Å². The minimum atomic E-state index is -0.491. The molecule has 0 radical (unpaired) electrons. The molecule has 0 spiro atoms. The van der Waals surface area contributed by atoms with Crippen LogP contribution in [0, 0.1) is 5.82 Å². The molecule has 1 amide bonds. The van der Waals surface area contributed by atoms with Gasteiger partial charge in [0.05, 0.1) is 13.7 Å². The third-order valence-electron chi connectivity index (χ3n) is 3.37. The molecule has 5 nitrogen and oxygen atoms in total. The number of carbonyl (C=O) groups is 1. The van der Waals surface area contributed by atoms with E-state index in [1.54, 1.807) is 24.5 Å². The van der Waals surface area contributed by atoms with Crippen molar-refractivity contribution >= 4 is 12.0 Å². The molecule has 1 aromatic heterocycles. The van der Waals surface area contributed by atoms with Crippen LogP contribution in [-0.4, -0.2) is 41.2 Å². The zero-order valence-corrected chi connectivity index (χ0v) is 13.4. The lowest BCUT2D eigenvalue weighted by atomic mass is 10.2. The molecular formula is C18H19FN2O3. The van der Waals surface area contributed by atoms with Gasteiger partial charge in [-0.2, -0.15) is 0 Å². The molecule has 1 aromatic carbocycles. The number of nitrogens with zero attached hydrogens (tertiary/aromatic N) is 2. The quantitative estimate of drug-likeness (QED) is 0.791. The van der Waals surface area contributed by atoms with Gasteiger partial charge in [-0.15, -0.1) is 0 Å². The Morgan fingerprint density at radius 3 is 2.88 bits per heavy atom. The zero-order valence-electron chi connectivity index (χ0n) is 13.4. The van der Waals surface area contributed by atoms with Crippen molar-refractivity contribution in [3.05, 3.63) is 65.7 Å². The van der Waals surface area contributed by atoms with Crippen molar-refractivity contribution in [2.45, 2.75) is 6.54 Å². The summed E-state index contributed by atoms with van der Waals surface area (Å²) in [5.41, 5.74) is 1.41. The van der Waals surface area contributed by atoms with Crippen molar-refractivity contribution < 1.29 is 19.0 Å². The largest absolute Gasteiger partial charge is 0.494 e. The summed E-state index contributed by atoms with van der Waals surface area (Å²) in [6.45, 7) is 0.403. The van der Waals surface area contributed by atoms with E-state index in [1.165, 1.54) is 36.3 Å². The fourth-order valence-corrected chi connectivity index (χ4v) is 2.16. The predicted molar refractivity (Wildman–Crippen MR) is 88.7 cm³/mol. The third-order valence-corrected chi connectivity index (χ3v) is 3.37. The molecule has 0 saturated carbocycles. The van der Waals surface area contributed by atoms with Crippen molar-refractivity contribution in [2.75, 3.05) is 20.3 Å². The number of halogens is 1. The number of aromatic nitrogens is 1. The number of aliphatic hydroxyl groups excluding tert-OH is 1. The Labute approximate surface area is 140 Å². The van der Waals surface area contributed by atoms with Gasteiger partial charge in [-0.25, -0.2) is 4.39 Å². The summed E-state index contributed by atoms with van der Waals surface area (Å²) >= 11 is 0. The van der Waals surface area contributed by atoms with E-state index >= 15 is 0 Å². The average molecular weight is 330 g/mol. The molecule has 2 aromatic rings. The first-order valence-electron chi connectivity index (χ1n) is 7.44. The third kappa shape index (κ3) is 4.89. The van der Waals surface area contributed by atoms with Crippen LogP contribution in [-0.2, 0) is 11.3 Å². The summed E-state index contributed by atoms with van der Waals surface area (Å²) in [6, 6.07) is 8.09. The van der Waals surface area contributed by atoms with Gasteiger partial charge in [-0.3, -0.25) is 9.78 Å². The van der Waals surface area contributed by atoms with Gasteiger partial charge in [0.15, 0.2) is 11.6 Å². The lowest BCUT2D eigenvalue weighted by Crippen LogP contribution is -2.31. The van der Waals surface area contributed by atoms with Gasteiger partial charge in [0, 0.05) is 31.6 Å². The van der Waals surface area contributed by atoms with Crippen LogP contribution in [0.4, 0.5) is 4.39 Å². The molecule has 6 heteroatoms. The summed E-state index contributed by atoms with van der Waals surface area (Å²) in [5.74, 6) is -0.615. The first kappa shape index (κ1) is 17.6. The number of hydrogen-bond acceptors (Lipinski definition) is 4. The minimum Gasteiger partial charge on any atom is -0.494 e. The second-order valence-electron chi connectivity index (χ2n) is 5.07. The number of hydrogen-bond donors (Lipinski definition) is 1. The maximum Gasteiger partial charge on any atom is 0.246 e. The Bertz CT molecular complexity index is 705. The number of rotatable bonds is 7. The fourth-order valence-electron chi connectivity index (χ4n) is 2.16. The monoisotopic (exact) mass is 330 g/mol. The molecule has 0 aliphatic rings. The van der Waals surface area contributed by atoms with Crippen LogP contribution < -0.4 is 4.74 Å². The molecule has 126 valence electrons. The van der Waals surface area contributed by atoms with Crippen molar-refractivity contribution in [3.8, 4) is 5.75 Å². The molecule has 0 saturated heterocycles. The van der Waals surface area contributed by atoms with E-state index in [9.17, 15) is 9.18 Å². The topological polar surface area (TPSA) is 62.7 Å². The van der Waals surface area contributed by atoms with E-state index in [2.05, 4.69) is 4.98 Å². The van der Waals surface area contributed by atoms with E-state index in [4.69, 9.17) is 9.84 Å². The molecule has 1 heterocycles. The van der Waals surface area contributed by atoms with Crippen LogP contribution in [0.1, 0.15) is 11.1 Å². The predicted octanol–water partition coefficient (Wildman–Crippen LogP) is 2.26. The lowest BCUT2D eigenvalue weighted by molar-refractivity contribution is -0.127. The molecule has 0 bridgehead atoms. The molecule has 0 aliphatic carbocycles. The van der Waals surface area contributed by atoms with Crippen molar-refractivity contribution in [3.63, 3.8) is 0 Å². The second-order valence-corrected chi connectivity index (χ2v) is 5.07. The van der Waals surface area contributed by atoms with Crippen LogP contribution in [0.3, 0.4) is 0 Å². The first-order valence-corrected chi connectivity index (χ1v) is 7.44. The van der Waals surface area contributed by atoms with Crippen LogP contribution in [0.5, 0.6) is 5.75 Å². The van der Waals surface area contributed by atoms with Gasteiger partial charge in [0.2, 0.25) is 5.91 Å². The summed E-state index contributed by atoms with van der Waals surface area (Å²) in [7, 11) is 1.39. The molecule has 0 aliphatic heterocycles. The molecule has 0 atom stereocenters. The van der Waals surface area contributed by atoms with Gasteiger partial charge in [-0.05, 0) is 35.4 Å². The summed E-state index contributed by atoms with van der Waals surface area (Å²) in [5, 5.41) is 9.15. The van der Waals surface area contributed by atoms with E-state index in [1.807, 2.05) is 6.07 Å². The fraction of sp³-hybridized carbons (Fsp3) is 0.222. The van der Waals surface area contributed by atoms with Crippen LogP contribution in [0.25, 0.3) is 6.08 Å². The van der Waals surface area contributed by atoms with E-state index in [0.29, 0.717) is 12.1 Å². The lowest BCUT2D eigenvalue weighted by Gasteiger charge is -2.20. The highest BCUT2D eigenvalue weighted by Crippen LogP contribution is 2.18. The summed E-state index contributed by atoms with van der Waals surface area (Å²) in [4.78, 5) is 17.8. The number of pyridine rings is 1. The SMILES string of the molecule is COc1ccc(/C=C/C(=O)N(CCO)Cc2cccnc2)cc1F. The van der Waals surface area contributed by atoms with E-state index in [-0.39, 0.29) is 24.8 Å². The molecular weight excluding hydrogens is 311 g/mol. The maximum atomic E-state index is 13.6. The van der Waals surface area contributed by atoms with Crippen LogP contribution in [0.15, 0.2) is 48.8 Å². The first-order chi connectivity index (χ1) is 11.6. The highest BCUT2D eigenvalue weighted by molar-refractivity contribution is 5.91. The Morgan fingerprint density at radius 1 is 1.42 bits per heavy atom. The van der Waals surface area contributed by atoms with E-state index in [0.717, 1.165) is 5.56 Å². The molecule has 24 heavy (non-hydrogen) atoms. The van der Waals surface area contributed by atoms with Crippen molar-refractivity contribution in [1.29, 1.82) is 0 Å². The Morgan fingerprint density at radius 2 is 2.25 bits per heavy atom. The normalized spacial score (nSPS) is 10.8. The van der Waals surface area contributed by atoms with Crippen molar-refractivity contribution in [1.82, 2.24) is 9.88 Å². The van der Waals surface area contributed by atoms with Gasteiger partial charge in [-0.1, -0.05) is 12.1 Å². The average Bonchev–Trinajstić information content (AvgIpc) is 2.60. The molecule has 0 unspecified atom stereocenters. The molecule has 2 rings (SSSR count). The van der Waals surface area contributed by atoms with Crippen LogP contribution in [0.2, 0.25) is 0 Å². The summed E-state index contributed by atoms with van der Waals surface area (Å²) in [6.07, 6.45) is 6.20. The number of carbonyl (C=O) groups excluding carboxylic acids is 1. The zero-order chi connectivity index (χ0) is 17.4. The second kappa shape index (κ2) is 8.79. The van der Waals surface area contributed by atoms with Crippen LogP contribution >= 0.6 is 0 Å².